The molecule has 26 heavy (non-hydrogen) atoms. The number of nitrogens with one attached hydrogen (secondary N) is 1. The smallest absolute Gasteiger partial charge is 0.258 e. The number of hydrogen-bond acceptors (Lipinski definition) is 4. The van der Waals surface area contributed by atoms with Crippen LogP contribution in [-0.2, 0) is 0 Å². The second-order valence-electron chi connectivity index (χ2n) is 5.97. The van der Waals surface area contributed by atoms with Gasteiger partial charge in [0.25, 0.3) is 5.91 Å². The molecule has 0 saturated heterocycles. The van der Waals surface area contributed by atoms with E-state index in [0.29, 0.717) is 15.8 Å². The van der Waals surface area contributed by atoms with Crippen molar-refractivity contribution < 1.29 is 4.79 Å². The lowest BCUT2D eigenvalue weighted by Gasteiger charge is -2.14. The van der Waals surface area contributed by atoms with Gasteiger partial charge >= 0.3 is 0 Å². The number of nitrogens with zero attached hydrogens (tertiary/aromatic N) is 2. The lowest BCUT2D eigenvalue weighted by molar-refractivity contribution is 0.0979. The molecule has 4 nitrogen and oxygen atoms in total. The Balaban J connectivity index is 1.88. The lowest BCUT2D eigenvalue weighted by atomic mass is 9.97. The van der Waals surface area contributed by atoms with Crippen molar-refractivity contribution in [3.8, 4) is 11.3 Å². The van der Waals surface area contributed by atoms with Crippen LogP contribution >= 0.6 is 23.4 Å². The van der Waals surface area contributed by atoms with E-state index in [4.69, 9.17) is 16.6 Å². The van der Waals surface area contributed by atoms with Gasteiger partial charge < -0.3 is 5.32 Å². The summed E-state index contributed by atoms with van der Waals surface area (Å²) in [6.07, 6.45) is 0. The second-order valence-corrected chi connectivity index (χ2v) is 7.49. The first-order chi connectivity index (χ1) is 12.6. The number of amidine groups is 1. The SMILES string of the molecule is Cc1c(-c2ccc(Cl)cc2)nc2ccccc2c1C(=O)NC1=NCCS1. The van der Waals surface area contributed by atoms with E-state index < -0.39 is 0 Å². The predicted molar refractivity (Wildman–Crippen MR) is 109 cm³/mol. The van der Waals surface area contributed by atoms with Crippen molar-refractivity contribution in [3.63, 3.8) is 0 Å². The van der Waals surface area contributed by atoms with Crippen LogP contribution < -0.4 is 5.32 Å². The second kappa shape index (κ2) is 7.09. The molecule has 4 rings (SSSR count). The minimum atomic E-state index is -0.149. The number of carbonyl (C=O) groups excluding carboxylic acids is 1. The van der Waals surface area contributed by atoms with E-state index in [9.17, 15) is 4.79 Å². The summed E-state index contributed by atoms with van der Waals surface area (Å²) in [7, 11) is 0. The molecule has 1 N–H and O–H groups in total. The van der Waals surface area contributed by atoms with Crippen LogP contribution in [0.25, 0.3) is 22.2 Å². The number of pyridine rings is 1. The van der Waals surface area contributed by atoms with E-state index in [1.165, 1.54) is 0 Å². The number of benzene rings is 2. The number of carbonyl (C=O) groups is 1. The van der Waals surface area contributed by atoms with Crippen LogP contribution in [0.15, 0.2) is 53.5 Å². The van der Waals surface area contributed by atoms with Crippen molar-refractivity contribution in [2.24, 2.45) is 4.99 Å². The Morgan fingerprint density at radius 1 is 1.15 bits per heavy atom. The Hall–Kier alpha value is -2.37. The lowest BCUT2D eigenvalue weighted by Crippen LogP contribution is -2.28. The van der Waals surface area contributed by atoms with Gasteiger partial charge in [0.1, 0.15) is 0 Å². The van der Waals surface area contributed by atoms with Gasteiger partial charge in [-0.05, 0) is 30.7 Å². The molecule has 0 bridgehead atoms. The van der Waals surface area contributed by atoms with E-state index in [0.717, 1.165) is 40.0 Å². The van der Waals surface area contributed by atoms with Crippen molar-refractivity contribution in [1.82, 2.24) is 10.3 Å². The molecule has 0 radical (unpaired) electrons. The van der Waals surface area contributed by atoms with Gasteiger partial charge in [0, 0.05) is 21.7 Å². The molecule has 2 aromatic carbocycles. The molecular weight excluding hydrogens is 366 g/mol. The zero-order chi connectivity index (χ0) is 18.1. The van der Waals surface area contributed by atoms with Crippen LogP contribution in [0, 0.1) is 6.92 Å². The Labute approximate surface area is 160 Å². The number of thioether (sulfide) groups is 1. The van der Waals surface area contributed by atoms with Crippen molar-refractivity contribution in [1.29, 1.82) is 0 Å². The first-order valence-electron chi connectivity index (χ1n) is 8.27. The third-order valence-electron chi connectivity index (χ3n) is 4.29. The number of para-hydroxylation sites is 1. The summed E-state index contributed by atoms with van der Waals surface area (Å²) in [6, 6.07) is 15.2. The van der Waals surface area contributed by atoms with Crippen molar-refractivity contribution in [3.05, 3.63) is 64.7 Å². The number of aliphatic imine (C=N–C) groups is 1. The molecule has 0 spiro atoms. The highest BCUT2D eigenvalue weighted by atomic mass is 35.5. The highest BCUT2D eigenvalue weighted by Gasteiger charge is 2.20. The molecule has 130 valence electrons. The van der Waals surface area contributed by atoms with Gasteiger partial charge in [0.2, 0.25) is 0 Å². The number of rotatable bonds is 2. The van der Waals surface area contributed by atoms with Crippen LogP contribution in [0.2, 0.25) is 5.02 Å². The topological polar surface area (TPSA) is 54.4 Å². The van der Waals surface area contributed by atoms with Gasteiger partial charge in [-0.3, -0.25) is 9.79 Å². The molecule has 0 saturated carbocycles. The molecule has 0 unspecified atom stereocenters. The molecule has 0 aliphatic carbocycles. The molecule has 6 heteroatoms. The van der Waals surface area contributed by atoms with Gasteiger partial charge in [0.15, 0.2) is 5.17 Å². The number of halogens is 1. The van der Waals surface area contributed by atoms with Crippen molar-refractivity contribution in [2.75, 3.05) is 12.3 Å². The molecule has 1 aromatic heterocycles. The Kier molecular flexibility index (Phi) is 4.66. The Bertz CT molecular complexity index is 1030. The minimum absolute atomic E-state index is 0.149. The summed E-state index contributed by atoms with van der Waals surface area (Å²) in [5.41, 5.74) is 3.97. The summed E-state index contributed by atoms with van der Waals surface area (Å²) in [5, 5.41) is 5.13. The number of hydrogen-bond donors (Lipinski definition) is 1. The molecule has 2 heterocycles. The van der Waals surface area contributed by atoms with E-state index in [1.807, 2.05) is 55.5 Å². The van der Waals surface area contributed by atoms with Gasteiger partial charge in [-0.15, -0.1) is 0 Å². The average Bonchev–Trinajstić information content (AvgIpc) is 3.15. The van der Waals surface area contributed by atoms with Crippen molar-refractivity contribution in [2.45, 2.75) is 6.92 Å². The largest absolute Gasteiger partial charge is 0.301 e. The third kappa shape index (κ3) is 3.20. The van der Waals surface area contributed by atoms with Crippen molar-refractivity contribution >= 4 is 45.3 Å². The normalized spacial score (nSPS) is 13.7. The summed E-state index contributed by atoms with van der Waals surface area (Å²) >= 11 is 7.58. The standard InChI is InChI=1S/C20H16ClN3OS/c1-12-17(19(25)24-20-22-10-11-26-20)15-4-2-3-5-16(15)23-18(12)13-6-8-14(21)9-7-13/h2-9H,10-11H2,1H3,(H,22,24,25). The summed E-state index contributed by atoms with van der Waals surface area (Å²) in [6.45, 7) is 2.67. The summed E-state index contributed by atoms with van der Waals surface area (Å²) < 4.78 is 0. The first-order valence-corrected chi connectivity index (χ1v) is 9.64. The molecule has 0 fully saturated rings. The van der Waals surface area contributed by atoms with Gasteiger partial charge in [-0.1, -0.05) is 53.7 Å². The van der Waals surface area contributed by atoms with E-state index in [-0.39, 0.29) is 5.91 Å². The first kappa shape index (κ1) is 17.1. The molecule has 1 aliphatic rings. The highest BCUT2D eigenvalue weighted by Crippen LogP contribution is 2.30. The maximum atomic E-state index is 13.0. The quantitative estimate of drug-likeness (QED) is 0.700. The zero-order valence-electron chi connectivity index (χ0n) is 14.1. The fourth-order valence-corrected chi connectivity index (χ4v) is 3.91. The van der Waals surface area contributed by atoms with Crippen LogP contribution in [-0.4, -0.2) is 28.4 Å². The summed E-state index contributed by atoms with van der Waals surface area (Å²) in [4.78, 5) is 22.1. The maximum absolute atomic E-state index is 13.0. The number of amides is 1. The number of fused-ring (bicyclic) bond motifs is 1. The molecule has 1 aliphatic heterocycles. The summed E-state index contributed by atoms with van der Waals surface area (Å²) in [5.74, 6) is 0.756. The zero-order valence-corrected chi connectivity index (χ0v) is 15.7. The molecule has 1 amide bonds. The van der Waals surface area contributed by atoms with Crippen LogP contribution in [0.3, 0.4) is 0 Å². The van der Waals surface area contributed by atoms with Gasteiger partial charge in [-0.25, -0.2) is 4.98 Å². The average molecular weight is 382 g/mol. The molecule has 0 atom stereocenters. The van der Waals surface area contributed by atoms with Crippen LogP contribution in [0.1, 0.15) is 15.9 Å². The van der Waals surface area contributed by atoms with Gasteiger partial charge in [-0.2, -0.15) is 0 Å². The van der Waals surface area contributed by atoms with E-state index >= 15 is 0 Å². The van der Waals surface area contributed by atoms with E-state index in [2.05, 4.69) is 10.3 Å². The van der Waals surface area contributed by atoms with Crippen LogP contribution in [0.4, 0.5) is 0 Å². The Morgan fingerprint density at radius 2 is 1.92 bits per heavy atom. The Morgan fingerprint density at radius 3 is 2.65 bits per heavy atom. The fraction of sp³-hybridized carbons (Fsp3) is 0.150. The predicted octanol–water partition coefficient (Wildman–Crippen LogP) is 4.70. The highest BCUT2D eigenvalue weighted by molar-refractivity contribution is 8.14. The molecule has 3 aromatic rings. The fourth-order valence-electron chi connectivity index (χ4n) is 3.06. The maximum Gasteiger partial charge on any atom is 0.258 e. The monoisotopic (exact) mass is 381 g/mol. The number of aromatic nitrogens is 1. The van der Waals surface area contributed by atoms with Crippen LogP contribution in [0.5, 0.6) is 0 Å². The van der Waals surface area contributed by atoms with Gasteiger partial charge in [0.05, 0.1) is 23.3 Å². The van der Waals surface area contributed by atoms with E-state index in [1.54, 1.807) is 11.8 Å². The molecular formula is C20H16ClN3OS. The third-order valence-corrected chi connectivity index (χ3v) is 5.43. The minimum Gasteiger partial charge on any atom is -0.301 e.